The Morgan fingerprint density at radius 1 is 1.11 bits per heavy atom. The Bertz CT molecular complexity index is 407. The number of hydrogen-bond donors (Lipinski definition) is 1. The van der Waals surface area contributed by atoms with E-state index in [2.05, 4.69) is 24.3 Å². The molecule has 1 aromatic carbocycles. The predicted octanol–water partition coefficient (Wildman–Crippen LogP) is 4.32. The maximum atomic E-state index is 6.69. The van der Waals surface area contributed by atoms with Crippen LogP contribution in [-0.2, 0) is 0 Å². The minimum absolute atomic E-state index is 0.110. The summed E-state index contributed by atoms with van der Waals surface area (Å²) >= 11 is 2.01. The highest BCUT2D eigenvalue weighted by Crippen LogP contribution is 2.44. The summed E-state index contributed by atoms with van der Waals surface area (Å²) in [4.78, 5) is 1.49. The van der Waals surface area contributed by atoms with E-state index in [1.165, 1.54) is 55.6 Å². The van der Waals surface area contributed by atoms with Gasteiger partial charge < -0.3 is 5.73 Å². The molecule has 0 saturated heterocycles. The van der Waals surface area contributed by atoms with E-state index in [0.29, 0.717) is 5.92 Å². The van der Waals surface area contributed by atoms with E-state index >= 15 is 0 Å². The van der Waals surface area contributed by atoms with Gasteiger partial charge in [0.1, 0.15) is 0 Å². The first-order valence-electron chi connectivity index (χ1n) is 7.27. The Labute approximate surface area is 115 Å². The molecule has 1 nitrogen and oxygen atoms in total. The van der Waals surface area contributed by atoms with Crippen LogP contribution in [0.5, 0.6) is 0 Å². The third kappa shape index (κ3) is 2.60. The normalized spacial score (nSPS) is 26.6. The highest BCUT2D eigenvalue weighted by atomic mass is 32.2. The highest BCUT2D eigenvalue weighted by molar-refractivity contribution is 7.99. The molecule has 3 rings (SSSR count). The Hall–Kier alpha value is -0.470. The molecule has 1 fully saturated rings. The van der Waals surface area contributed by atoms with Crippen LogP contribution in [0.15, 0.2) is 29.2 Å². The molecule has 1 saturated carbocycles. The summed E-state index contributed by atoms with van der Waals surface area (Å²) in [6.45, 7) is 0. The van der Waals surface area contributed by atoms with Crippen LogP contribution in [-0.4, -0.2) is 11.3 Å². The van der Waals surface area contributed by atoms with Crippen molar-refractivity contribution in [3.8, 4) is 0 Å². The smallest absolute Gasteiger partial charge is 0.0160 e. The van der Waals surface area contributed by atoms with Gasteiger partial charge in [0.15, 0.2) is 0 Å². The third-order valence-corrected chi connectivity index (χ3v) is 5.80. The molecule has 0 spiro atoms. The Balaban J connectivity index is 1.73. The molecule has 1 heterocycles. The van der Waals surface area contributed by atoms with E-state index in [1.54, 1.807) is 5.56 Å². The largest absolute Gasteiger partial charge is 0.325 e. The fourth-order valence-electron chi connectivity index (χ4n) is 3.53. The van der Waals surface area contributed by atoms with Crippen LogP contribution >= 0.6 is 11.8 Å². The van der Waals surface area contributed by atoms with Crippen molar-refractivity contribution in [2.75, 3.05) is 5.75 Å². The van der Waals surface area contributed by atoms with Gasteiger partial charge in [-0.1, -0.05) is 43.9 Å². The van der Waals surface area contributed by atoms with Crippen LogP contribution in [0, 0.1) is 0 Å². The summed E-state index contributed by atoms with van der Waals surface area (Å²) in [6, 6.07) is 8.89. The van der Waals surface area contributed by atoms with Gasteiger partial charge in [-0.15, -0.1) is 11.8 Å². The van der Waals surface area contributed by atoms with Gasteiger partial charge in [-0.3, -0.25) is 0 Å². The molecule has 1 aliphatic heterocycles. The highest BCUT2D eigenvalue weighted by Gasteiger charge is 2.33. The quantitative estimate of drug-likeness (QED) is 0.802. The molecule has 0 aromatic heterocycles. The monoisotopic (exact) mass is 261 g/mol. The van der Waals surface area contributed by atoms with Gasteiger partial charge in [0, 0.05) is 16.2 Å². The van der Waals surface area contributed by atoms with Crippen molar-refractivity contribution in [2.24, 2.45) is 5.73 Å². The van der Waals surface area contributed by atoms with Gasteiger partial charge in [-0.05, 0) is 36.8 Å². The lowest BCUT2D eigenvalue weighted by Gasteiger charge is -2.31. The Morgan fingerprint density at radius 2 is 1.83 bits per heavy atom. The van der Waals surface area contributed by atoms with Crippen LogP contribution < -0.4 is 5.73 Å². The SMILES string of the molecule is NC1(CC2CSc3ccccc32)CCCCCC1. The standard InChI is InChI=1S/C16H23NS/c17-16(9-5-1-2-6-10-16)11-13-12-18-15-8-4-3-7-14(13)15/h3-4,7-8,13H,1-2,5-6,9-12,17H2. The fraction of sp³-hybridized carbons (Fsp3) is 0.625. The van der Waals surface area contributed by atoms with Crippen molar-refractivity contribution in [3.05, 3.63) is 29.8 Å². The van der Waals surface area contributed by atoms with Gasteiger partial charge in [0.25, 0.3) is 0 Å². The van der Waals surface area contributed by atoms with Crippen LogP contribution in [0.25, 0.3) is 0 Å². The van der Waals surface area contributed by atoms with Crippen molar-refractivity contribution in [1.82, 2.24) is 0 Å². The van der Waals surface area contributed by atoms with Crippen molar-refractivity contribution in [2.45, 2.75) is 61.3 Å². The summed E-state index contributed by atoms with van der Waals surface area (Å²) in [5, 5.41) is 0. The van der Waals surface area contributed by atoms with Gasteiger partial charge in [-0.25, -0.2) is 0 Å². The second-order valence-electron chi connectivity index (χ2n) is 6.03. The number of thioether (sulfide) groups is 1. The molecule has 1 aromatic rings. The van der Waals surface area contributed by atoms with Gasteiger partial charge in [0.05, 0.1) is 0 Å². The van der Waals surface area contributed by atoms with Crippen molar-refractivity contribution < 1.29 is 0 Å². The zero-order valence-electron chi connectivity index (χ0n) is 11.0. The first-order chi connectivity index (χ1) is 8.77. The predicted molar refractivity (Wildman–Crippen MR) is 79.1 cm³/mol. The van der Waals surface area contributed by atoms with E-state index in [1.807, 2.05) is 11.8 Å². The topological polar surface area (TPSA) is 26.0 Å². The molecule has 0 amide bonds. The summed E-state index contributed by atoms with van der Waals surface area (Å²) in [7, 11) is 0. The van der Waals surface area contributed by atoms with Gasteiger partial charge in [-0.2, -0.15) is 0 Å². The molecule has 1 aliphatic carbocycles. The number of hydrogen-bond acceptors (Lipinski definition) is 2. The van der Waals surface area contributed by atoms with Crippen molar-refractivity contribution in [3.63, 3.8) is 0 Å². The molecule has 1 atom stereocenters. The molecule has 2 heteroatoms. The minimum atomic E-state index is 0.110. The van der Waals surface area contributed by atoms with Crippen LogP contribution in [0.3, 0.4) is 0 Å². The van der Waals surface area contributed by atoms with Crippen molar-refractivity contribution >= 4 is 11.8 Å². The first kappa shape index (κ1) is 12.6. The van der Waals surface area contributed by atoms with E-state index in [-0.39, 0.29) is 5.54 Å². The molecule has 2 N–H and O–H groups in total. The maximum Gasteiger partial charge on any atom is 0.0160 e. The van der Waals surface area contributed by atoms with E-state index in [0.717, 1.165) is 0 Å². The Morgan fingerprint density at radius 3 is 2.61 bits per heavy atom. The second kappa shape index (κ2) is 5.26. The summed E-state index contributed by atoms with van der Waals surface area (Å²) in [6.07, 6.45) is 9.09. The van der Waals surface area contributed by atoms with Crippen molar-refractivity contribution in [1.29, 1.82) is 0 Å². The van der Waals surface area contributed by atoms with E-state index < -0.39 is 0 Å². The molecular formula is C16H23NS. The molecule has 2 aliphatic rings. The first-order valence-corrected chi connectivity index (χ1v) is 8.26. The molecule has 0 radical (unpaired) electrons. The lowest BCUT2D eigenvalue weighted by molar-refractivity contribution is 0.326. The number of nitrogens with two attached hydrogens (primary N) is 1. The lowest BCUT2D eigenvalue weighted by Crippen LogP contribution is -2.40. The molecule has 18 heavy (non-hydrogen) atoms. The minimum Gasteiger partial charge on any atom is -0.325 e. The van der Waals surface area contributed by atoms with Crippen LogP contribution in [0.2, 0.25) is 0 Å². The molecule has 0 bridgehead atoms. The number of fused-ring (bicyclic) bond motifs is 1. The molecular weight excluding hydrogens is 238 g/mol. The summed E-state index contributed by atoms with van der Waals surface area (Å²) in [5.41, 5.74) is 8.35. The second-order valence-corrected chi connectivity index (χ2v) is 7.09. The average molecular weight is 261 g/mol. The van der Waals surface area contributed by atoms with Gasteiger partial charge >= 0.3 is 0 Å². The summed E-state index contributed by atoms with van der Waals surface area (Å²) < 4.78 is 0. The molecule has 98 valence electrons. The Kier molecular flexibility index (Phi) is 3.67. The molecule has 1 unspecified atom stereocenters. The maximum absolute atomic E-state index is 6.69. The summed E-state index contributed by atoms with van der Waals surface area (Å²) in [5.74, 6) is 1.92. The number of benzene rings is 1. The van der Waals surface area contributed by atoms with E-state index in [9.17, 15) is 0 Å². The van der Waals surface area contributed by atoms with Crippen LogP contribution in [0.4, 0.5) is 0 Å². The van der Waals surface area contributed by atoms with Crippen LogP contribution in [0.1, 0.15) is 56.4 Å². The zero-order chi connectivity index (χ0) is 12.4. The number of rotatable bonds is 2. The van der Waals surface area contributed by atoms with E-state index in [4.69, 9.17) is 5.73 Å². The lowest BCUT2D eigenvalue weighted by atomic mass is 9.80. The fourth-order valence-corrected chi connectivity index (χ4v) is 4.78. The third-order valence-electron chi connectivity index (χ3n) is 4.55. The van der Waals surface area contributed by atoms with Gasteiger partial charge in [0.2, 0.25) is 0 Å². The average Bonchev–Trinajstić information content (AvgIpc) is 2.64. The zero-order valence-corrected chi connectivity index (χ0v) is 11.8.